The first kappa shape index (κ1) is 7.60. The van der Waals surface area contributed by atoms with Crippen molar-refractivity contribution in [1.29, 1.82) is 0 Å². The minimum Gasteiger partial charge on any atom is -0.166 e. The summed E-state index contributed by atoms with van der Waals surface area (Å²) in [4.78, 5) is 0. The molecule has 1 heterocycles. The summed E-state index contributed by atoms with van der Waals surface area (Å²) in [6.07, 6.45) is -4.03. The van der Waals surface area contributed by atoms with Gasteiger partial charge in [0.25, 0.3) is 0 Å². The Kier molecular flexibility index (Phi) is 1.99. The molecule has 0 saturated carbocycles. The lowest BCUT2D eigenvalue weighted by Gasteiger charge is -1.96. The predicted molar refractivity (Wildman–Crippen MR) is 35.0 cm³/mol. The van der Waals surface area contributed by atoms with E-state index in [0.717, 1.165) is 0 Å². The SMILES string of the molecule is FC(F)(F)C[s+]1cccc1. The van der Waals surface area contributed by atoms with Crippen LogP contribution in [0.15, 0.2) is 22.9 Å². The van der Waals surface area contributed by atoms with Crippen molar-refractivity contribution in [3.8, 4) is 0 Å². The standard InChI is InChI=1S/C6H6F3S/c7-6(8,9)5-10-3-1-2-4-10/h1-4H,5H2/q+1. The minimum absolute atomic E-state index is 0.683. The van der Waals surface area contributed by atoms with Gasteiger partial charge in [0, 0.05) is 0 Å². The van der Waals surface area contributed by atoms with Crippen molar-refractivity contribution >= 4 is 10.5 Å². The second kappa shape index (κ2) is 2.62. The minimum atomic E-state index is -4.03. The van der Waals surface area contributed by atoms with Gasteiger partial charge in [-0.05, 0) is 22.6 Å². The lowest BCUT2D eigenvalue weighted by molar-refractivity contribution is -0.118. The molecule has 0 fully saturated rings. The normalized spacial score (nSPS) is 11.9. The Hall–Kier alpha value is -0.510. The van der Waals surface area contributed by atoms with Crippen molar-refractivity contribution in [3.63, 3.8) is 0 Å². The molecule has 0 spiro atoms. The highest BCUT2D eigenvalue weighted by molar-refractivity contribution is 7.27. The van der Waals surface area contributed by atoms with Gasteiger partial charge in [0.1, 0.15) is 10.8 Å². The fourth-order valence-electron chi connectivity index (χ4n) is 0.623. The average Bonchev–Trinajstić information content (AvgIpc) is 2.12. The molecule has 1 aromatic rings. The summed E-state index contributed by atoms with van der Waals surface area (Å²) in [5.74, 6) is -0.708. The molecule has 1 rings (SSSR count). The molecule has 0 N–H and O–H groups in total. The van der Waals surface area contributed by atoms with Gasteiger partial charge in [-0.2, -0.15) is 13.2 Å². The van der Waals surface area contributed by atoms with Gasteiger partial charge in [-0.3, -0.25) is 0 Å². The second-order valence-corrected chi connectivity index (χ2v) is 3.66. The fraction of sp³-hybridized carbons (Fsp3) is 0.333. The van der Waals surface area contributed by atoms with Crippen LogP contribution in [0.1, 0.15) is 0 Å². The number of thiophene rings is 1. The van der Waals surface area contributed by atoms with Crippen LogP contribution in [-0.2, 0) is 5.75 Å². The Morgan fingerprint density at radius 3 is 2.00 bits per heavy atom. The van der Waals surface area contributed by atoms with Crippen molar-refractivity contribution in [3.05, 3.63) is 22.9 Å². The number of hydrogen-bond donors (Lipinski definition) is 0. The van der Waals surface area contributed by atoms with Crippen LogP contribution in [0, 0.1) is 0 Å². The molecule has 0 aromatic carbocycles. The molecule has 4 heteroatoms. The Labute approximate surface area is 59.3 Å². The second-order valence-electron chi connectivity index (χ2n) is 1.89. The molecule has 0 amide bonds. The first-order chi connectivity index (χ1) is 4.58. The zero-order chi connectivity index (χ0) is 7.61. The largest absolute Gasteiger partial charge is 0.437 e. The monoisotopic (exact) mass is 167 g/mol. The molecule has 0 aliphatic carbocycles. The van der Waals surface area contributed by atoms with E-state index >= 15 is 0 Å². The van der Waals surface area contributed by atoms with Gasteiger partial charge in [0.2, 0.25) is 5.75 Å². The maximum absolute atomic E-state index is 11.6. The van der Waals surface area contributed by atoms with Crippen LogP contribution in [0.2, 0.25) is 0 Å². The maximum Gasteiger partial charge on any atom is 0.437 e. The molecule has 0 aliphatic rings. The molecular formula is C6H6F3S+. The summed E-state index contributed by atoms with van der Waals surface area (Å²) < 4.78 is 34.9. The summed E-state index contributed by atoms with van der Waals surface area (Å²) in [6.45, 7) is 0. The number of rotatable bonds is 1. The quantitative estimate of drug-likeness (QED) is 0.564. The summed E-state index contributed by atoms with van der Waals surface area (Å²) in [7, 11) is -0.683. The first-order valence-electron chi connectivity index (χ1n) is 2.68. The van der Waals surface area contributed by atoms with Crippen molar-refractivity contribution in [2.45, 2.75) is 11.9 Å². The molecule has 0 radical (unpaired) electrons. The molecule has 56 valence electrons. The Morgan fingerprint density at radius 2 is 1.60 bits per heavy atom. The van der Waals surface area contributed by atoms with Crippen molar-refractivity contribution < 1.29 is 13.2 Å². The van der Waals surface area contributed by atoms with Crippen LogP contribution in [-0.4, -0.2) is 6.18 Å². The van der Waals surface area contributed by atoms with Crippen molar-refractivity contribution in [2.24, 2.45) is 0 Å². The zero-order valence-electron chi connectivity index (χ0n) is 5.06. The summed E-state index contributed by atoms with van der Waals surface area (Å²) >= 11 is 0. The van der Waals surface area contributed by atoms with E-state index in [2.05, 4.69) is 0 Å². The van der Waals surface area contributed by atoms with Gasteiger partial charge in [-0.1, -0.05) is 0 Å². The van der Waals surface area contributed by atoms with Gasteiger partial charge in [-0.25, -0.2) is 0 Å². The van der Waals surface area contributed by atoms with Crippen molar-refractivity contribution in [1.82, 2.24) is 0 Å². The van der Waals surface area contributed by atoms with E-state index in [1.54, 1.807) is 22.9 Å². The molecule has 0 nitrogen and oxygen atoms in total. The number of halogens is 3. The zero-order valence-corrected chi connectivity index (χ0v) is 5.88. The van der Waals surface area contributed by atoms with Gasteiger partial charge in [0.15, 0.2) is 0 Å². The van der Waals surface area contributed by atoms with Crippen LogP contribution in [0.3, 0.4) is 0 Å². The van der Waals surface area contributed by atoms with E-state index in [4.69, 9.17) is 0 Å². The van der Waals surface area contributed by atoms with E-state index in [0.29, 0.717) is 0 Å². The first-order valence-corrected chi connectivity index (χ1v) is 4.20. The number of alkyl halides is 3. The van der Waals surface area contributed by atoms with Gasteiger partial charge < -0.3 is 0 Å². The molecule has 0 unspecified atom stereocenters. The van der Waals surface area contributed by atoms with Crippen LogP contribution < -0.4 is 0 Å². The van der Waals surface area contributed by atoms with E-state index in [9.17, 15) is 13.2 Å². The molecule has 0 bridgehead atoms. The van der Waals surface area contributed by atoms with Crippen LogP contribution in [0.4, 0.5) is 13.2 Å². The summed E-state index contributed by atoms with van der Waals surface area (Å²) in [6, 6.07) is 3.30. The van der Waals surface area contributed by atoms with E-state index < -0.39 is 22.4 Å². The van der Waals surface area contributed by atoms with Gasteiger partial charge >= 0.3 is 6.18 Å². The van der Waals surface area contributed by atoms with Gasteiger partial charge in [0.05, 0.1) is 0 Å². The van der Waals surface area contributed by atoms with E-state index in [1.165, 1.54) is 0 Å². The Balaban J connectivity index is 2.57. The lowest BCUT2D eigenvalue weighted by atomic mass is 10.7. The highest BCUT2D eigenvalue weighted by atomic mass is 32.2. The highest BCUT2D eigenvalue weighted by Gasteiger charge is 2.33. The predicted octanol–water partition coefficient (Wildman–Crippen LogP) is 3.00. The molecule has 1 aromatic heterocycles. The van der Waals surface area contributed by atoms with Crippen molar-refractivity contribution in [2.75, 3.05) is 0 Å². The number of hydrogen-bond acceptors (Lipinski definition) is 0. The molecule has 0 atom stereocenters. The molecule has 0 saturated heterocycles. The maximum atomic E-state index is 11.6. The van der Waals surface area contributed by atoms with Gasteiger partial charge in [-0.15, -0.1) is 0 Å². The van der Waals surface area contributed by atoms with Crippen LogP contribution in [0.25, 0.3) is 0 Å². The topological polar surface area (TPSA) is 0 Å². The smallest absolute Gasteiger partial charge is 0.166 e. The van der Waals surface area contributed by atoms with Crippen LogP contribution in [0.5, 0.6) is 0 Å². The summed E-state index contributed by atoms with van der Waals surface area (Å²) in [5.41, 5.74) is 0. The summed E-state index contributed by atoms with van der Waals surface area (Å²) in [5, 5.41) is 3.15. The third-order valence-electron chi connectivity index (χ3n) is 0.948. The fourth-order valence-corrected chi connectivity index (χ4v) is 1.87. The molecule has 10 heavy (non-hydrogen) atoms. The molecular weight excluding hydrogens is 161 g/mol. The van der Waals surface area contributed by atoms with E-state index in [1.807, 2.05) is 0 Å². The third kappa shape index (κ3) is 2.39. The Morgan fingerprint density at radius 1 is 1.10 bits per heavy atom. The van der Waals surface area contributed by atoms with E-state index in [-0.39, 0.29) is 0 Å². The third-order valence-corrected chi connectivity index (χ3v) is 2.62. The Bertz CT molecular complexity index is 187. The average molecular weight is 167 g/mol. The van der Waals surface area contributed by atoms with Crippen LogP contribution >= 0.6 is 10.5 Å². The molecule has 0 aliphatic heterocycles. The highest BCUT2D eigenvalue weighted by Crippen LogP contribution is 2.29. The lowest BCUT2D eigenvalue weighted by Crippen LogP contribution is -2.07.